The minimum Gasteiger partial charge on any atom is -0.352 e. The number of hydrogen-bond donors (Lipinski definition) is 2. The summed E-state index contributed by atoms with van der Waals surface area (Å²) >= 11 is 1.90. The van der Waals surface area contributed by atoms with Crippen molar-refractivity contribution in [2.75, 3.05) is 6.26 Å². The van der Waals surface area contributed by atoms with Crippen molar-refractivity contribution in [2.24, 2.45) is 5.73 Å². The van der Waals surface area contributed by atoms with Crippen LogP contribution in [-0.4, -0.2) is 29.5 Å². The SMILES string of the molecule is CSC1CCC(NC(=O)C(N)CCc2ccccc2)C1. The van der Waals surface area contributed by atoms with Gasteiger partial charge in [0.25, 0.3) is 0 Å². The molecule has 3 atom stereocenters. The maximum Gasteiger partial charge on any atom is 0.237 e. The summed E-state index contributed by atoms with van der Waals surface area (Å²) < 4.78 is 0. The highest BCUT2D eigenvalue weighted by Crippen LogP contribution is 2.28. The third-order valence-corrected chi connectivity index (χ3v) is 5.08. The Balaban J connectivity index is 1.72. The van der Waals surface area contributed by atoms with Crippen LogP contribution >= 0.6 is 11.8 Å². The average Bonchev–Trinajstić information content (AvgIpc) is 2.93. The van der Waals surface area contributed by atoms with Gasteiger partial charge in [-0.3, -0.25) is 4.79 Å². The summed E-state index contributed by atoms with van der Waals surface area (Å²) in [5.41, 5.74) is 7.23. The maximum absolute atomic E-state index is 12.1. The Hall–Kier alpha value is -1.00. The van der Waals surface area contributed by atoms with Crippen molar-refractivity contribution in [1.82, 2.24) is 5.32 Å². The average molecular weight is 292 g/mol. The first-order valence-corrected chi connectivity index (χ1v) is 8.60. The first kappa shape index (κ1) is 15.4. The third kappa shape index (κ3) is 4.53. The van der Waals surface area contributed by atoms with E-state index in [4.69, 9.17) is 5.73 Å². The molecule has 4 heteroatoms. The molecule has 20 heavy (non-hydrogen) atoms. The number of rotatable bonds is 6. The van der Waals surface area contributed by atoms with Crippen LogP contribution in [0.1, 0.15) is 31.2 Å². The second-order valence-corrected chi connectivity index (χ2v) is 6.65. The van der Waals surface area contributed by atoms with Gasteiger partial charge in [0.15, 0.2) is 0 Å². The largest absolute Gasteiger partial charge is 0.352 e. The summed E-state index contributed by atoms with van der Waals surface area (Å²) in [5, 5.41) is 3.80. The van der Waals surface area contributed by atoms with Crippen molar-refractivity contribution in [3.63, 3.8) is 0 Å². The first-order valence-electron chi connectivity index (χ1n) is 7.31. The monoisotopic (exact) mass is 292 g/mol. The van der Waals surface area contributed by atoms with Crippen molar-refractivity contribution >= 4 is 17.7 Å². The molecule has 0 aliphatic heterocycles. The smallest absolute Gasteiger partial charge is 0.237 e. The Morgan fingerprint density at radius 1 is 1.40 bits per heavy atom. The van der Waals surface area contributed by atoms with Crippen LogP contribution < -0.4 is 11.1 Å². The molecule has 0 aromatic heterocycles. The molecule has 1 aromatic rings. The zero-order chi connectivity index (χ0) is 14.4. The molecule has 1 saturated carbocycles. The topological polar surface area (TPSA) is 55.1 Å². The Bertz CT molecular complexity index is 424. The van der Waals surface area contributed by atoms with Gasteiger partial charge in [-0.15, -0.1) is 0 Å². The lowest BCUT2D eigenvalue weighted by Gasteiger charge is -2.17. The van der Waals surface area contributed by atoms with Crippen LogP contribution in [-0.2, 0) is 11.2 Å². The fraction of sp³-hybridized carbons (Fsp3) is 0.562. The molecule has 0 radical (unpaired) electrons. The van der Waals surface area contributed by atoms with E-state index in [9.17, 15) is 4.79 Å². The lowest BCUT2D eigenvalue weighted by Crippen LogP contribution is -2.44. The number of amides is 1. The van der Waals surface area contributed by atoms with E-state index in [1.807, 2.05) is 30.0 Å². The minimum atomic E-state index is -0.400. The van der Waals surface area contributed by atoms with Crippen molar-refractivity contribution in [3.05, 3.63) is 35.9 Å². The van der Waals surface area contributed by atoms with Crippen LogP contribution in [0.4, 0.5) is 0 Å². The van der Waals surface area contributed by atoms with Crippen molar-refractivity contribution in [1.29, 1.82) is 0 Å². The van der Waals surface area contributed by atoms with E-state index in [1.165, 1.54) is 12.0 Å². The lowest BCUT2D eigenvalue weighted by molar-refractivity contribution is -0.123. The molecule has 3 nitrogen and oxygen atoms in total. The molecule has 1 fully saturated rings. The molecule has 0 heterocycles. The van der Waals surface area contributed by atoms with Crippen molar-refractivity contribution in [2.45, 2.75) is 49.4 Å². The third-order valence-electron chi connectivity index (χ3n) is 3.99. The molecule has 3 N–H and O–H groups in total. The molecule has 3 unspecified atom stereocenters. The molecule has 1 aromatic carbocycles. The molecule has 110 valence electrons. The molecule has 1 aliphatic carbocycles. The Kier molecular flexibility index (Phi) is 5.92. The number of aryl methyl sites for hydroxylation is 1. The number of nitrogens with two attached hydrogens (primary N) is 1. The van der Waals surface area contributed by atoms with E-state index in [-0.39, 0.29) is 5.91 Å². The van der Waals surface area contributed by atoms with Crippen LogP contribution in [0, 0.1) is 0 Å². The zero-order valence-corrected chi connectivity index (χ0v) is 12.9. The van der Waals surface area contributed by atoms with Gasteiger partial charge in [0, 0.05) is 11.3 Å². The molecule has 0 bridgehead atoms. The Morgan fingerprint density at radius 3 is 2.80 bits per heavy atom. The van der Waals surface area contributed by atoms with E-state index >= 15 is 0 Å². The van der Waals surface area contributed by atoms with Gasteiger partial charge in [-0.05, 0) is 43.9 Å². The molecular formula is C16H24N2OS. The maximum atomic E-state index is 12.1. The Morgan fingerprint density at radius 2 is 2.15 bits per heavy atom. The quantitative estimate of drug-likeness (QED) is 0.846. The normalized spacial score (nSPS) is 23.5. The summed E-state index contributed by atoms with van der Waals surface area (Å²) in [6.45, 7) is 0. The number of benzene rings is 1. The molecule has 0 spiro atoms. The van der Waals surface area contributed by atoms with E-state index in [0.29, 0.717) is 17.7 Å². The standard InChI is InChI=1S/C16H24N2OS/c1-20-14-9-8-13(11-14)18-16(19)15(17)10-7-12-5-3-2-4-6-12/h2-6,13-15H,7-11,17H2,1H3,(H,18,19). The summed E-state index contributed by atoms with van der Waals surface area (Å²) in [7, 11) is 0. The molecule has 2 rings (SSSR count). The molecule has 0 saturated heterocycles. The summed E-state index contributed by atoms with van der Waals surface area (Å²) in [5.74, 6) is 0.00711. The van der Waals surface area contributed by atoms with E-state index < -0.39 is 6.04 Å². The summed E-state index contributed by atoms with van der Waals surface area (Å²) in [6, 6.07) is 10.1. The zero-order valence-electron chi connectivity index (χ0n) is 12.0. The summed E-state index contributed by atoms with van der Waals surface area (Å²) in [4.78, 5) is 12.1. The Labute approximate surface area is 125 Å². The fourth-order valence-corrected chi connectivity index (χ4v) is 3.49. The lowest BCUT2D eigenvalue weighted by atomic mass is 10.0. The molecular weight excluding hydrogens is 268 g/mol. The number of thioether (sulfide) groups is 1. The summed E-state index contributed by atoms with van der Waals surface area (Å²) in [6.07, 6.45) is 7.06. The predicted molar refractivity (Wildman–Crippen MR) is 85.8 cm³/mol. The number of carbonyl (C=O) groups excluding carboxylic acids is 1. The van der Waals surface area contributed by atoms with E-state index in [2.05, 4.69) is 23.7 Å². The minimum absolute atomic E-state index is 0.00711. The highest BCUT2D eigenvalue weighted by Gasteiger charge is 2.26. The van der Waals surface area contributed by atoms with Crippen LogP contribution in [0.3, 0.4) is 0 Å². The molecule has 1 amide bonds. The fourth-order valence-electron chi connectivity index (χ4n) is 2.69. The number of nitrogens with one attached hydrogen (secondary N) is 1. The molecule has 1 aliphatic rings. The predicted octanol–water partition coefficient (Wildman–Crippen LogP) is 2.35. The van der Waals surface area contributed by atoms with Gasteiger partial charge < -0.3 is 11.1 Å². The van der Waals surface area contributed by atoms with Gasteiger partial charge in [-0.25, -0.2) is 0 Å². The van der Waals surface area contributed by atoms with Crippen LogP contribution in [0.15, 0.2) is 30.3 Å². The highest BCUT2D eigenvalue weighted by molar-refractivity contribution is 7.99. The second-order valence-electron chi connectivity index (χ2n) is 5.51. The van der Waals surface area contributed by atoms with Crippen molar-refractivity contribution < 1.29 is 4.79 Å². The van der Waals surface area contributed by atoms with E-state index in [1.54, 1.807) is 0 Å². The van der Waals surface area contributed by atoms with E-state index in [0.717, 1.165) is 19.3 Å². The number of hydrogen-bond acceptors (Lipinski definition) is 3. The van der Waals surface area contributed by atoms with Crippen molar-refractivity contribution in [3.8, 4) is 0 Å². The number of carbonyl (C=O) groups is 1. The van der Waals surface area contributed by atoms with Gasteiger partial charge in [-0.2, -0.15) is 11.8 Å². The second kappa shape index (κ2) is 7.70. The van der Waals surface area contributed by atoms with Gasteiger partial charge in [0.2, 0.25) is 5.91 Å². The van der Waals surface area contributed by atoms with Crippen LogP contribution in [0.25, 0.3) is 0 Å². The van der Waals surface area contributed by atoms with Gasteiger partial charge >= 0.3 is 0 Å². The van der Waals surface area contributed by atoms with Crippen LogP contribution in [0.2, 0.25) is 0 Å². The highest BCUT2D eigenvalue weighted by atomic mass is 32.2. The first-order chi connectivity index (χ1) is 9.69. The van der Waals surface area contributed by atoms with Gasteiger partial charge in [0.05, 0.1) is 6.04 Å². The van der Waals surface area contributed by atoms with Crippen LogP contribution in [0.5, 0.6) is 0 Å². The van der Waals surface area contributed by atoms with Gasteiger partial charge in [0.1, 0.15) is 0 Å². The van der Waals surface area contributed by atoms with Gasteiger partial charge in [-0.1, -0.05) is 30.3 Å².